The third-order valence-electron chi connectivity index (χ3n) is 8.11. The molecule has 1 aliphatic rings. The fraction of sp³-hybridized carbons (Fsp3) is 0.278. The molecule has 47 heavy (non-hydrogen) atoms. The summed E-state index contributed by atoms with van der Waals surface area (Å²) in [6.45, 7) is -0.573. The number of sulfonamides is 1. The molecule has 0 aromatic heterocycles. The van der Waals surface area contributed by atoms with Crippen LogP contribution in [0.15, 0.2) is 103 Å². The molecule has 4 aromatic rings. The Hall–Kier alpha value is -4.05. The number of carbonyl (C=O) groups excluding carboxylic acids is 2. The number of amides is 2. The number of ether oxygens (including phenoxy) is 1. The zero-order chi connectivity index (χ0) is 33.4. The van der Waals surface area contributed by atoms with E-state index in [1.54, 1.807) is 42.5 Å². The van der Waals surface area contributed by atoms with Gasteiger partial charge in [-0.25, -0.2) is 8.42 Å². The summed E-state index contributed by atoms with van der Waals surface area (Å²) in [5, 5.41) is 3.92. The highest BCUT2D eigenvalue weighted by Gasteiger charge is 2.34. The number of halogens is 2. The van der Waals surface area contributed by atoms with Crippen molar-refractivity contribution in [2.75, 3.05) is 17.1 Å². The van der Waals surface area contributed by atoms with Crippen LogP contribution in [0.25, 0.3) is 0 Å². The van der Waals surface area contributed by atoms with E-state index >= 15 is 0 Å². The lowest BCUT2D eigenvalue weighted by Crippen LogP contribution is -2.54. The fourth-order valence-electron chi connectivity index (χ4n) is 5.67. The molecule has 4 aromatic carbocycles. The second-order valence-corrected chi connectivity index (χ2v) is 14.4. The third-order valence-corrected chi connectivity index (χ3v) is 9.84. The van der Waals surface area contributed by atoms with Crippen molar-refractivity contribution < 1.29 is 22.7 Å². The van der Waals surface area contributed by atoms with E-state index in [9.17, 15) is 18.0 Å². The third kappa shape index (κ3) is 9.50. The Kier molecular flexibility index (Phi) is 11.4. The summed E-state index contributed by atoms with van der Waals surface area (Å²) in [5.74, 6) is 0.276. The van der Waals surface area contributed by atoms with Crippen molar-refractivity contribution >= 4 is 50.7 Å². The molecule has 5 rings (SSSR count). The SMILES string of the molecule is CS(=O)(=O)N(CC(=O)N(Cc1ccc(Cl)cc1Cl)[C@@H](Cc1ccccc1)C(=O)NC1CCCC1)c1ccc(Oc2ccccc2)cc1. The van der Waals surface area contributed by atoms with Crippen LogP contribution in [-0.4, -0.2) is 50.0 Å². The van der Waals surface area contributed by atoms with Gasteiger partial charge in [0.25, 0.3) is 0 Å². The normalized spacial score (nSPS) is 13.9. The second-order valence-electron chi connectivity index (χ2n) is 11.6. The maximum Gasteiger partial charge on any atom is 0.244 e. The van der Waals surface area contributed by atoms with E-state index in [1.807, 2.05) is 60.7 Å². The van der Waals surface area contributed by atoms with Crippen LogP contribution in [0.4, 0.5) is 5.69 Å². The maximum absolute atomic E-state index is 14.4. The van der Waals surface area contributed by atoms with Gasteiger partial charge in [0.05, 0.1) is 11.9 Å². The summed E-state index contributed by atoms with van der Waals surface area (Å²) in [6.07, 6.45) is 5.05. The molecule has 8 nitrogen and oxygen atoms in total. The lowest BCUT2D eigenvalue weighted by Gasteiger charge is -2.34. The first-order chi connectivity index (χ1) is 22.6. The summed E-state index contributed by atoms with van der Waals surface area (Å²) >= 11 is 12.7. The zero-order valence-corrected chi connectivity index (χ0v) is 28.3. The van der Waals surface area contributed by atoms with Crippen molar-refractivity contribution in [3.05, 3.63) is 124 Å². The van der Waals surface area contributed by atoms with Gasteiger partial charge in [-0.2, -0.15) is 0 Å². The minimum atomic E-state index is -3.93. The van der Waals surface area contributed by atoms with E-state index in [0.29, 0.717) is 27.1 Å². The Morgan fingerprint density at radius 2 is 1.49 bits per heavy atom. The van der Waals surface area contributed by atoms with Gasteiger partial charge in [-0.3, -0.25) is 13.9 Å². The molecule has 0 radical (unpaired) electrons. The predicted octanol–water partition coefficient (Wildman–Crippen LogP) is 7.25. The number of hydrogen-bond acceptors (Lipinski definition) is 5. The van der Waals surface area contributed by atoms with Gasteiger partial charge in [0.1, 0.15) is 24.1 Å². The van der Waals surface area contributed by atoms with E-state index in [1.165, 1.54) is 4.90 Å². The predicted molar refractivity (Wildman–Crippen MR) is 186 cm³/mol. The van der Waals surface area contributed by atoms with E-state index in [0.717, 1.165) is 41.8 Å². The van der Waals surface area contributed by atoms with E-state index in [4.69, 9.17) is 27.9 Å². The van der Waals surface area contributed by atoms with Crippen molar-refractivity contribution in [3.63, 3.8) is 0 Å². The standard InChI is InChI=1S/C36H37Cl2N3O5S/c1-47(44,45)41(30-18-20-32(21-19-30)46-31-14-6-3-7-15-31)25-35(42)40(24-27-16-17-28(37)23-33(27)38)34(22-26-10-4-2-5-11-26)36(43)39-29-12-8-9-13-29/h2-7,10-11,14-21,23,29,34H,8-9,12-13,22,24-25H2,1H3,(H,39,43)/t34-/m0/s1. The molecule has 0 aliphatic heterocycles. The Labute approximate surface area is 286 Å². The van der Waals surface area contributed by atoms with Crippen LogP contribution in [0.3, 0.4) is 0 Å². The number of nitrogens with zero attached hydrogens (tertiary/aromatic N) is 2. The van der Waals surface area contributed by atoms with Crippen LogP contribution in [0.5, 0.6) is 11.5 Å². The molecule has 2 amide bonds. The van der Waals surface area contributed by atoms with Crippen LogP contribution < -0.4 is 14.4 Å². The first kappa shape index (κ1) is 34.3. The van der Waals surface area contributed by atoms with Gasteiger partial charge in [-0.05, 0) is 72.5 Å². The van der Waals surface area contributed by atoms with Gasteiger partial charge in [0.2, 0.25) is 21.8 Å². The highest BCUT2D eigenvalue weighted by atomic mass is 35.5. The topological polar surface area (TPSA) is 96.0 Å². The molecule has 0 bridgehead atoms. The highest BCUT2D eigenvalue weighted by Crippen LogP contribution is 2.28. The largest absolute Gasteiger partial charge is 0.457 e. The molecule has 11 heteroatoms. The number of rotatable bonds is 13. The van der Waals surface area contributed by atoms with Crippen LogP contribution in [0, 0.1) is 0 Å². The monoisotopic (exact) mass is 693 g/mol. The molecule has 0 unspecified atom stereocenters. The smallest absolute Gasteiger partial charge is 0.244 e. The molecular formula is C36H37Cl2N3O5S. The Bertz CT molecular complexity index is 1770. The zero-order valence-electron chi connectivity index (χ0n) is 26.0. The molecule has 1 saturated carbocycles. The van der Waals surface area contributed by atoms with Gasteiger partial charge >= 0.3 is 0 Å². The quantitative estimate of drug-likeness (QED) is 0.159. The molecule has 1 aliphatic carbocycles. The number of benzene rings is 4. The van der Waals surface area contributed by atoms with Gasteiger partial charge < -0.3 is 15.0 Å². The number of nitrogens with one attached hydrogen (secondary N) is 1. The molecule has 0 spiro atoms. The van der Waals surface area contributed by atoms with E-state index in [-0.39, 0.29) is 30.6 Å². The van der Waals surface area contributed by atoms with Crippen molar-refractivity contribution in [1.82, 2.24) is 10.2 Å². The van der Waals surface area contributed by atoms with Gasteiger partial charge in [0.15, 0.2) is 0 Å². The van der Waals surface area contributed by atoms with Crippen LogP contribution >= 0.6 is 23.2 Å². The summed E-state index contributed by atoms with van der Waals surface area (Å²) < 4.78 is 33.2. The molecule has 0 heterocycles. The first-order valence-electron chi connectivity index (χ1n) is 15.5. The van der Waals surface area contributed by atoms with Crippen LogP contribution in [0.2, 0.25) is 10.0 Å². The summed E-state index contributed by atoms with van der Waals surface area (Å²) in [7, 11) is -3.93. The molecular weight excluding hydrogens is 657 g/mol. The Morgan fingerprint density at radius 3 is 2.11 bits per heavy atom. The van der Waals surface area contributed by atoms with E-state index < -0.39 is 28.5 Å². The fourth-order valence-corrected chi connectivity index (χ4v) is 6.99. The Balaban J connectivity index is 1.48. The average Bonchev–Trinajstić information content (AvgIpc) is 3.56. The molecule has 246 valence electrons. The van der Waals surface area contributed by atoms with Gasteiger partial charge in [-0.1, -0.05) is 90.6 Å². The second kappa shape index (κ2) is 15.7. The number of para-hydroxylation sites is 1. The number of anilines is 1. The van der Waals surface area contributed by atoms with Crippen LogP contribution in [-0.2, 0) is 32.6 Å². The lowest BCUT2D eigenvalue weighted by molar-refractivity contribution is -0.140. The molecule has 1 fully saturated rings. The van der Waals surface area contributed by atoms with E-state index in [2.05, 4.69) is 5.32 Å². The van der Waals surface area contributed by atoms with Crippen molar-refractivity contribution in [1.29, 1.82) is 0 Å². The summed E-state index contributed by atoms with van der Waals surface area (Å²) in [5.41, 5.74) is 1.71. The Morgan fingerprint density at radius 1 is 0.872 bits per heavy atom. The number of carbonyl (C=O) groups is 2. The minimum absolute atomic E-state index is 0.0148. The van der Waals surface area contributed by atoms with Gasteiger partial charge in [0, 0.05) is 29.1 Å². The maximum atomic E-state index is 14.4. The average molecular weight is 695 g/mol. The van der Waals surface area contributed by atoms with Crippen molar-refractivity contribution in [2.45, 2.75) is 50.7 Å². The molecule has 1 N–H and O–H groups in total. The number of hydrogen-bond donors (Lipinski definition) is 1. The highest BCUT2D eigenvalue weighted by molar-refractivity contribution is 7.92. The molecule has 0 saturated heterocycles. The lowest BCUT2D eigenvalue weighted by atomic mass is 10.0. The van der Waals surface area contributed by atoms with Crippen LogP contribution in [0.1, 0.15) is 36.8 Å². The summed E-state index contributed by atoms with van der Waals surface area (Å²) in [6, 6.07) is 29.1. The first-order valence-corrected chi connectivity index (χ1v) is 18.1. The van der Waals surface area contributed by atoms with Gasteiger partial charge in [-0.15, -0.1) is 0 Å². The molecule has 1 atom stereocenters. The minimum Gasteiger partial charge on any atom is -0.457 e. The van der Waals surface area contributed by atoms with Crippen molar-refractivity contribution in [2.24, 2.45) is 0 Å². The van der Waals surface area contributed by atoms with Crippen molar-refractivity contribution in [3.8, 4) is 11.5 Å². The summed E-state index contributed by atoms with van der Waals surface area (Å²) in [4.78, 5) is 29.8.